The van der Waals surface area contributed by atoms with Gasteiger partial charge in [0.1, 0.15) is 13.1 Å². The fourth-order valence-electron chi connectivity index (χ4n) is 1.99. The van der Waals surface area contributed by atoms with Gasteiger partial charge in [0.2, 0.25) is 0 Å². The lowest BCUT2D eigenvalue weighted by atomic mass is 10.0. The SMILES string of the molecule is [C-]#[N+]C([N+]#[C-])=C1C=CC=C(c2ccc(N(C)C)cc2)C=C1. The molecule has 1 aromatic rings. The summed E-state index contributed by atoms with van der Waals surface area (Å²) in [6.45, 7) is 14.0. The lowest BCUT2D eigenvalue weighted by Gasteiger charge is -2.12. The van der Waals surface area contributed by atoms with Gasteiger partial charge in [0.25, 0.3) is 0 Å². The van der Waals surface area contributed by atoms with Gasteiger partial charge in [-0.3, -0.25) is 0 Å². The van der Waals surface area contributed by atoms with Crippen LogP contribution in [0.15, 0.2) is 66.0 Å². The van der Waals surface area contributed by atoms with Crippen LogP contribution in [-0.4, -0.2) is 14.1 Å². The average Bonchev–Trinajstić information content (AvgIpc) is 2.75. The molecule has 0 spiro atoms. The Hall–Kier alpha value is -3.04. The van der Waals surface area contributed by atoms with Gasteiger partial charge in [-0.1, -0.05) is 42.5 Å². The zero-order chi connectivity index (χ0) is 15.2. The van der Waals surface area contributed by atoms with E-state index in [2.05, 4.69) is 38.9 Å². The van der Waals surface area contributed by atoms with Gasteiger partial charge in [-0.25, -0.2) is 0 Å². The Labute approximate surface area is 125 Å². The van der Waals surface area contributed by atoms with Gasteiger partial charge in [0.15, 0.2) is 0 Å². The molecular formula is C18H15N3. The maximum Gasteiger partial charge on any atom is 0.526 e. The highest BCUT2D eigenvalue weighted by Crippen LogP contribution is 2.23. The topological polar surface area (TPSA) is 12.0 Å². The van der Waals surface area contributed by atoms with E-state index in [0.29, 0.717) is 5.57 Å². The van der Waals surface area contributed by atoms with Crippen LogP contribution >= 0.6 is 0 Å². The van der Waals surface area contributed by atoms with Crippen LogP contribution in [0.2, 0.25) is 0 Å². The molecule has 0 saturated heterocycles. The molecule has 1 aromatic carbocycles. The molecule has 1 aliphatic carbocycles. The molecule has 1 aliphatic rings. The van der Waals surface area contributed by atoms with Crippen LogP contribution in [0.5, 0.6) is 0 Å². The minimum Gasteiger partial charge on any atom is -0.378 e. The third kappa shape index (κ3) is 3.29. The Morgan fingerprint density at radius 1 is 0.952 bits per heavy atom. The molecule has 3 heteroatoms. The van der Waals surface area contributed by atoms with Crippen LogP contribution in [0.1, 0.15) is 5.56 Å². The summed E-state index contributed by atoms with van der Waals surface area (Å²) in [7, 11) is 4.02. The van der Waals surface area contributed by atoms with Crippen LogP contribution in [0.3, 0.4) is 0 Å². The maximum atomic E-state index is 7.01. The monoisotopic (exact) mass is 273 g/mol. The van der Waals surface area contributed by atoms with E-state index in [4.69, 9.17) is 13.1 Å². The van der Waals surface area contributed by atoms with E-state index < -0.39 is 0 Å². The first-order valence-corrected chi connectivity index (χ1v) is 6.49. The van der Waals surface area contributed by atoms with Crippen molar-refractivity contribution >= 4 is 11.3 Å². The Morgan fingerprint density at radius 3 is 2.19 bits per heavy atom. The van der Waals surface area contributed by atoms with Crippen molar-refractivity contribution in [1.29, 1.82) is 0 Å². The van der Waals surface area contributed by atoms with Crippen LogP contribution in [0.4, 0.5) is 5.69 Å². The lowest BCUT2D eigenvalue weighted by Crippen LogP contribution is -2.08. The van der Waals surface area contributed by atoms with Crippen LogP contribution in [-0.2, 0) is 0 Å². The molecule has 2 rings (SSSR count). The molecule has 0 unspecified atom stereocenters. The third-order valence-electron chi connectivity index (χ3n) is 3.18. The van der Waals surface area contributed by atoms with E-state index >= 15 is 0 Å². The quantitative estimate of drug-likeness (QED) is 0.731. The van der Waals surface area contributed by atoms with Crippen LogP contribution in [0.25, 0.3) is 15.3 Å². The predicted octanol–water partition coefficient (Wildman–Crippen LogP) is 4.31. The normalized spacial score (nSPS) is 13.0. The third-order valence-corrected chi connectivity index (χ3v) is 3.18. The zero-order valence-electron chi connectivity index (χ0n) is 12.0. The van der Waals surface area contributed by atoms with E-state index in [-0.39, 0.29) is 5.82 Å². The number of hydrogen-bond acceptors (Lipinski definition) is 1. The zero-order valence-corrected chi connectivity index (χ0v) is 12.0. The van der Waals surface area contributed by atoms with Gasteiger partial charge in [0.05, 0.1) is 5.57 Å². The molecule has 102 valence electrons. The second kappa shape index (κ2) is 6.41. The Balaban J connectivity index is 2.32. The van der Waals surface area contributed by atoms with E-state index in [1.807, 2.05) is 38.4 Å². The highest BCUT2D eigenvalue weighted by molar-refractivity contribution is 5.78. The number of anilines is 1. The molecule has 0 atom stereocenters. The van der Waals surface area contributed by atoms with Crippen LogP contribution < -0.4 is 4.90 Å². The largest absolute Gasteiger partial charge is 0.526 e. The molecule has 0 fully saturated rings. The molecule has 0 radical (unpaired) electrons. The minimum absolute atomic E-state index is 0.0973. The molecule has 0 aromatic heterocycles. The molecule has 0 amide bonds. The fourth-order valence-corrected chi connectivity index (χ4v) is 1.99. The number of allylic oxidation sites excluding steroid dienone is 7. The first kappa shape index (κ1) is 14.4. The second-order valence-corrected chi connectivity index (χ2v) is 4.76. The number of nitrogens with zero attached hydrogens (tertiary/aromatic N) is 3. The van der Waals surface area contributed by atoms with Crippen molar-refractivity contribution in [2.75, 3.05) is 19.0 Å². The summed E-state index contributed by atoms with van der Waals surface area (Å²) in [6.07, 6.45) is 9.42. The van der Waals surface area contributed by atoms with E-state index in [1.165, 1.54) is 0 Å². The van der Waals surface area contributed by atoms with Gasteiger partial charge in [-0.2, -0.15) is 9.69 Å². The minimum atomic E-state index is 0.0973. The van der Waals surface area contributed by atoms with E-state index in [9.17, 15) is 0 Å². The Morgan fingerprint density at radius 2 is 1.62 bits per heavy atom. The number of rotatable bonds is 2. The van der Waals surface area contributed by atoms with Crippen molar-refractivity contribution in [3.63, 3.8) is 0 Å². The highest BCUT2D eigenvalue weighted by Gasteiger charge is 2.10. The average molecular weight is 273 g/mol. The summed E-state index contributed by atoms with van der Waals surface area (Å²) in [4.78, 5) is 8.55. The fraction of sp³-hybridized carbons (Fsp3) is 0.111. The molecule has 21 heavy (non-hydrogen) atoms. The van der Waals surface area contributed by atoms with Gasteiger partial charge < -0.3 is 4.90 Å². The highest BCUT2D eigenvalue weighted by atomic mass is 15.1. The van der Waals surface area contributed by atoms with Gasteiger partial charge >= 0.3 is 5.82 Å². The maximum absolute atomic E-state index is 7.01. The number of hydrogen-bond donors (Lipinski definition) is 0. The van der Waals surface area contributed by atoms with Crippen molar-refractivity contribution in [1.82, 2.24) is 0 Å². The molecule has 3 nitrogen and oxygen atoms in total. The van der Waals surface area contributed by atoms with Gasteiger partial charge in [0, 0.05) is 19.8 Å². The molecule has 0 bridgehead atoms. The second-order valence-electron chi connectivity index (χ2n) is 4.76. The molecule has 0 N–H and O–H groups in total. The van der Waals surface area contributed by atoms with E-state index in [1.54, 1.807) is 6.08 Å². The summed E-state index contributed by atoms with van der Waals surface area (Å²) in [5.74, 6) is 0.0973. The van der Waals surface area contributed by atoms with Crippen molar-refractivity contribution < 1.29 is 0 Å². The van der Waals surface area contributed by atoms with Crippen molar-refractivity contribution in [2.24, 2.45) is 0 Å². The smallest absolute Gasteiger partial charge is 0.378 e. The molecular weight excluding hydrogens is 258 g/mol. The van der Waals surface area contributed by atoms with E-state index in [0.717, 1.165) is 16.8 Å². The molecule has 0 aliphatic heterocycles. The van der Waals surface area contributed by atoms with Crippen molar-refractivity contribution in [2.45, 2.75) is 0 Å². The summed E-state index contributed by atoms with van der Waals surface area (Å²) in [5.41, 5.74) is 3.96. The predicted molar refractivity (Wildman–Crippen MR) is 87.3 cm³/mol. The summed E-state index contributed by atoms with van der Waals surface area (Å²) < 4.78 is 0. The first-order chi connectivity index (χ1) is 10.2. The van der Waals surface area contributed by atoms with Crippen LogP contribution in [0, 0.1) is 13.1 Å². The molecule has 0 heterocycles. The standard InChI is InChI=1S/C18H15N3/c1-19-18(20-2)16-7-5-6-14(8-9-16)15-10-12-17(13-11-15)21(3)4/h5-13H,3-4H3. The first-order valence-electron chi connectivity index (χ1n) is 6.49. The molecule has 0 saturated carbocycles. The van der Waals surface area contributed by atoms with Gasteiger partial charge in [-0.15, -0.1) is 0 Å². The van der Waals surface area contributed by atoms with Gasteiger partial charge in [-0.05, 0) is 23.3 Å². The summed E-state index contributed by atoms with van der Waals surface area (Å²) in [6, 6.07) is 8.27. The summed E-state index contributed by atoms with van der Waals surface area (Å²) >= 11 is 0. The Bertz CT molecular complexity index is 714. The van der Waals surface area contributed by atoms with Crippen molar-refractivity contribution in [3.8, 4) is 0 Å². The lowest BCUT2D eigenvalue weighted by molar-refractivity contribution is 1.13. The Kier molecular flexibility index (Phi) is 4.39. The number of benzene rings is 1. The summed E-state index contributed by atoms with van der Waals surface area (Å²) in [5, 5.41) is 0. The van der Waals surface area contributed by atoms with Crippen molar-refractivity contribution in [3.05, 3.63) is 94.4 Å².